The molecule has 0 radical (unpaired) electrons. The third-order valence-electron chi connectivity index (χ3n) is 3.63. The second kappa shape index (κ2) is 10.0. The fourth-order valence-electron chi connectivity index (χ4n) is 2.35. The quantitative estimate of drug-likeness (QED) is 0.759. The van der Waals surface area contributed by atoms with E-state index in [9.17, 15) is 4.79 Å². The molecular formula is C19H25ClN2O. The van der Waals surface area contributed by atoms with Gasteiger partial charge in [0.05, 0.1) is 0 Å². The van der Waals surface area contributed by atoms with Crippen LogP contribution in [0.4, 0.5) is 0 Å². The van der Waals surface area contributed by atoms with Crippen LogP contribution in [0.2, 0.25) is 0 Å². The van der Waals surface area contributed by atoms with E-state index >= 15 is 0 Å². The molecule has 2 aromatic rings. The summed E-state index contributed by atoms with van der Waals surface area (Å²) in [6.07, 6.45) is 1.44. The fourth-order valence-corrected chi connectivity index (χ4v) is 2.35. The third-order valence-corrected chi connectivity index (χ3v) is 3.63. The molecule has 23 heavy (non-hydrogen) atoms. The summed E-state index contributed by atoms with van der Waals surface area (Å²) in [5.41, 5.74) is 4.81. The molecular weight excluding hydrogens is 308 g/mol. The van der Waals surface area contributed by atoms with Crippen LogP contribution in [0.15, 0.2) is 48.5 Å². The molecule has 0 spiro atoms. The van der Waals surface area contributed by atoms with E-state index in [2.05, 4.69) is 66.1 Å². The second-order valence-electron chi connectivity index (χ2n) is 5.55. The maximum absolute atomic E-state index is 11.7. The molecule has 3 nitrogen and oxygen atoms in total. The highest BCUT2D eigenvalue weighted by Gasteiger charge is 2.02. The molecule has 2 N–H and O–H groups in total. The van der Waals surface area contributed by atoms with Crippen molar-refractivity contribution in [2.75, 3.05) is 13.6 Å². The number of hydrogen-bond acceptors (Lipinski definition) is 2. The van der Waals surface area contributed by atoms with Crippen LogP contribution in [-0.4, -0.2) is 19.5 Å². The normalized spacial score (nSPS) is 10.0. The number of benzene rings is 2. The first kappa shape index (κ1) is 19.2. The summed E-state index contributed by atoms with van der Waals surface area (Å²) in [5.74, 6) is 0.109. The lowest BCUT2D eigenvalue weighted by molar-refractivity contribution is -0.121. The van der Waals surface area contributed by atoms with Crippen molar-refractivity contribution in [3.8, 4) is 11.1 Å². The Bertz CT molecular complexity index is 611. The summed E-state index contributed by atoms with van der Waals surface area (Å²) in [6.45, 7) is 3.56. The Morgan fingerprint density at radius 1 is 1.04 bits per heavy atom. The molecule has 0 saturated heterocycles. The van der Waals surface area contributed by atoms with Crippen LogP contribution in [0, 0.1) is 6.92 Å². The van der Waals surface area contributed by atoms with Crippen molar-refractivity contribution in [3.63, 3.8) is 0 Å². The van der Waals surface area contributed by atoms with Crippen molar-refractivity contribution >= 4 is 18.3 Å². The van der Waals surface area contributed by atoms with Crippen molar-refractivity contribution in [3.05, 3.63) is 59.7 Å². The lowest BCUT2D eigenvalue weighted by Gasteiger charge is -2.07. The third kappa shape index (κ3) is 6.43. The van der Waals surface area contributed by atoms with Gasteiger partial charge in [0.25, 0.3) is 0 Å². The van der Waals surface area contributed by atoms with Crippen molar-refractivity contribution < 1.29 is 4.79 Å². The molecule has 0 atom stereocenters. The fraction of sp³-hybridized carbons (Fsp3) is 0.316. The number of carbonyl (C=O) groups is 1. The molecule has 4 heteroatoms. The first-order valence-corrected chi connectivity index (χ1v) is 7.76. The number of carbonyl (C=O) groups excluding carboxylic acids is 1. The molecule has 0 aliphatic carbocycles. The van der Waals surface area contributed by atoms with Crippen LogP contribution >= 0.6 is 12.4 Å². The molecule has 0 heterocycles. The van der Waals surface area contributed by atoms with Crippen molar-refractivity contribution in [1.29, 1.82) is 0 Å². The van der Waals surface area contributed by atoms with Crippen LogP contribution in [0.25, 0.3) is 11.1 Å². The van der Waals surface area contributed by atoms with E-state index in [1.807, 2.05) is 7.05 Å². The zero-order chi connectivity index (χ0) is 15.8. The monoisotopic (exact) mass is 332 g/mol. The Hall–Kier alpha value is -1.84. The van der Waals surface area contributed by atoms with Gasteiger partial charge in [-0.15, -0.1) is 12.4 Å². The molecule has 2 rings (SSSR count). The molecule has 124 valence electrons. The summed E-state index contributed by atoms with van der Waals surface area (Å²) in [7, 11) is 1.90. The molecule has 2 aromatic carbocycles. The topological polar surface area (TPSA) is 41.1 Å². The minimum atomic E-state index is 0. The van der Waals surface area contributed by atoms with E-state index in [-0.39, 0.29) is 18.3 Å². The molecule has 0 aromatic heterocycles. The second-order valence-corrected chi connectivity index (χ2v) is 5.55. The van der Waals surface area contributed by atoms with Gasteiger partial charge in [-0.2, -0.15) is 0 Å². The van der Waals surface area contributed by atoms with E-state index in [0.717, 1.165) is 18.5 Å². The summed E-state index contributed by atoms with van der Waals surface area (Å²) in [5, 5.41) is 6.00. The Labute approximate surface area is 144 Å². The molecule has 0 unspecified atom stereocenters. The van der Waals surface area contributed by atoms with Crippen molar-refractivity contribution in [2.45, 2.75) is 26.3 Å². The van der Waals surface area contributed by atoms with Gasteiger partial charge in [0.2, 0.25) is 5.91 Å². The summed E-state index contributed by atoms with van der Waals surface area (Å²) >= 11 is 0. The lowest BCUT2D eigenvalue weighted by atomic mass is 10.0. The maximum Gasteiger partial charge on any atom is 0.220 e. The highest BCUT2D eigenvalue weighted by atomic mass is 35.5. The zero-order valence-corrected chi connectivity index (χ0v) is 14.6. The minimum absolute atomic E-state index is 0. The average Bonchev–Trinajstić information content (AvgIpc) is 2.54. The predicted octanol–water partition coefficient (Wildman–Crippen LogP) is 3.70. The number of aryl methyl sites for hydroxylation is 1. The van der Waals surface area contributed by atoms with Gasteiger partial charge >= 0.3 is 0 Å². The first-order chi connectivity index (χ1) is 10.7. The summed E-state index contributed by atoms with van der Waals surface area (Å²) in [4.78, 5) is 11.7. The molecule has 1 amide bonds. The SMILES string of the molecule is CNCCCC(=O)NCc1ccc(-c2cccc(C)c2)cc1.Cl. The van der Waals surface area contributed by atoms with Crippen LogP contribution in [0.1, 0.15) is 24.0 Å². The molecule has 0 aliphatic rings. The minimum Gasteiger partial charge on any atom is -0.352 e. The number of nitrogens with one attached hydrogen (secondary N) is 2. The van der Waals surface area contributed by atoms with Crippen LogP contribution < -0.4 is 10.6 Å². The number of halogens is 1. The van der Waals surface area contributed by atoms with Crippen LogP contribution in [0.3, 0.4) is 0 Å². The van der Waals surface area contributed by atoms with Crippen molar-refractivity contribution in [2.24, 2.45) is 0 Å². The standard InChI is InChI=1S/C19H24N2O.ClH/c1-15-5-3-6-18(13-15)17-10-8-16(9-11-17)14-21-19(22)7-4-12-20-2;/h3,5-6,8-11,13,20H,4,7,12,14H2,1-2H3,(H,21,22);1H. The molecule has 0 bridgehead atoms. The maximum atomic E-state index is 11.7. The summed E-state index contributed by atoms with van der Waals surface area (Å²) < 4.78 is 0. The Morgan fingerprint density at radius 3 is 2.43 bits per heavy atom. The van der Waals surface area contributed by atoms with Gasteiger partial charge in [0, 0.05) is 13.0 Å². The van der Waals surface area contributed by atoms with Gasteiger partial charge in [-0.25, -0.2) is 0 Å². The van der Waals surface area contributed by atoms with Crippen LogP contribution in [0.5, 0.6) is 0 Å². The first-order valence-electron chi connectivity index (χ1n) is 7.76. The van der Waals surface area contributed by atoms with E-state index in [1.54, 1.807) is 0 Å². The smallest absolute Gasteiger partial charge is 0.220 e. The van der Waals surface area contributed by atoms with Gasteiger partial charge in [-0.1, -0.05) is 54.1 Å². The highest BCUT2D eigenvalue weighted by Crippen LogP contribution is 2.20. The van der Waals surface area contributed by atoms with E-state index < -0.39 is 0 Å². The van der Waals surface area contributed by atoms with Crippen LogP contribution in [-0.2, 0) is 11.3 Å². The molecule has 0 aliphatic heterocycles. The van der Waals surface area contributed by atoms with Gasteiger partial charge in [-0.05, 0) is 43.6 Å². The van der Waals surface area contributed by atoms with Gasteiger partial charge in [-0.3, -0.25) is 4.79 Å². The van der Waals surface area contributed by atoms with Crippen molar-refractivity contribution in [1.82, 2.24) is 10.6 Å². The zero-order valence-electron chi connectivity index (χ0n) is 13.8. The largest absolute Gasteiger partial charge is 0.352 e. The number of amides is 1. The number of hydrogen-bond donors (Lipinski definition) is 2. The van der Waals surface area contributed by atoms with Gasteiger partial charge in [0.1, 0.15) is 0 Å². The predicted molar refractivity (Wildman–Crippen MR) is 98.9 cm³/mol. The molecule has 0 fully saturated rings. The Balaban J connectivity index is 0.00000264. The van der Waals surface area contributed by atoms with E-state index in [0.29, 0.717) is 13.0 Å². The van der Waals surface area contributed by atoms with E-state index in [1.165, 1.54) is 16.7 Å². The molecule has 0 saturated carbocycles. The summed E-state index contributed by atoms with van der Waals surface area (Å²) in [6, 6.07) is 16.8. The highest BCUT2D eigenvalue weighted by molar-refractivity contribution is 5.85. The van der Waals surface area contributed by atoms with E-state index in [4.69, 9.17) is 0 Å². The number of rotatable bonds is 7. The lowest BCUT2D eigenvalue weighted by Crippen LogP contribution is -2.23. The van der Waals surface area contributed by atoms with Gasteiger partial charge < -0.3 is 10.6 Å². The Morgan fingerprint density at radius 2 is 1.78 bits per heavy atom. The van der Waals surface area contributed by atoms with Gasteiger partial charge in [0.15, 0.2) is 0 Å². The Kier molecular flexibility index (Phi) is 8.38. The average molecular weight is 333 g/mol.